The van der Waals surface area contributed by atoms with Crippen molar-refractivity contribution in [3.63, 3.8) is 0 Å². The molecule has 2 nitrogen and oxygen atoms in total. The number of benzene rings is 2. The number of rotatable bonds is 4. The van der Waals surface area contributed by atoms with Crippen LogP contribution in [-0.2, 0) is 13.1 Å². The second kappa shape index (κ2) is 6.09. The van der Waals surface area contributed by atoms with Crippen molar-refractivity contribution < 1.29 is 0 Å². The molecule has 3 heteroatoms. The fourth-order valence-electron chi connectivity index (χ4n) is 2.10. The van der Waals surface area contributed by atoms with Gasteiger partial charge in [-0.25, -0.2) is 0 Å². The van der Waals surface area contributed by atoms with E-state index in [1.54, 1.807) is 0 Å². The highest BCUT2D eigenvalue weighted by Gasteiger charge is 2.04. The van der Waals surface area contributed by atoms with E-state index in [1.165, 1.54) is 11.1 Å². The van der Waals surface area contributed by atoms with Gasteiger partial charge in [0.05, 0.1) is 0 Å². The SMILES string of the molecule is Cc1ccc(CN(C)Cc2cccc(Cl)c2)cc1N. The zero-order chi connectivity index (χ0) is 13.8. The van der Waals surface area contributed by atoms with Crippen molar-refractivity contribution in [3.05, 3.63) is 64.2 Å². The van der Waals surface area contributed by atoms with Crippen LogP contribution in [0.2, 0.25) is 5.02 Å². The lowest BCUT2D eigenvalue weighted by atomic mass is 10.1. The number of nitrogen functional groups attached to an aromatic ring is 1. The van der Waals surface area contributed by atoms with E-state index in [-0.39, 0.29) is 0 Å². The topological polar surface area (TPSA) is 29.3 Å². The summed E-state index contributed by atoms with van der Waals surface area (Å²) < 4.78 is 0. The molecule has 0 aromatic heterocycles. The highest BCUT2D eigenvalue weighted by molar-refractivity contribution is 6.30. The largest absolute Gasteiger partial charge is 0.399 e. The first-order valence-electron chi connectivity index (χ1n) is 6.32. The molecule has 2 aromatic carbocycles. The Morgan fingerprint density at radius 1 is 1.05 bits per heavy atom. The molecule has 0 aliphatic rings. The average Bonchev–Trinajstić information content (AvgIpc) is 2.34. The fraction of sp³-hybridized carbons (Fsp3) is 0.250. The first-order chi connectivity index (χ1) is 9.04. The van der Waals surface area contributed by atoms with Crippen LogP contribution in [0.1, 0.15) is 16.7 Å². The minimum atomic E-state index is 0.783. The number of hydrogen-bond donors (Lipinski definition) is 1. The van der Waals surface area contributed by atoms with Crippen molar-refractivity contribution in [2.75, 3.05) is 12.8 Å². The van der Waals surface area contributed by atoms with Crippen LogP contribution in [-0.4, -0.2) is 11.9 Å². The molecule has 0 atom stereocenters. The van der Waals surface area contributed by atoms with Gasteiger partial charge in [0.2, 0.25) is 0 Å². The second-order valence-corrected chi connectivity index (χ2v) is 5.43. The summed E-state index contributed by atoms with van der Waals surface area (Å²) in [6.07, 6.45) is 0. The van der Waals surface area contributed by atoms with E-state index in [0.29, 0.717) is 0 Å². The molecule has 0 radical (unpaired) electrons. The summed E-state index contributed by atoms with van der Waals surface area (Å²) >= 11 is 5.99. The standard InChI is InChI=1S/C16H19ClN2/c1-12-6-7-14(9-16(12)18)11-19(2)10-13-4-3-5-15(17)8-13/h3-9H,10-11,18H2,1-2H3. The molecule has 2 rings (SSSR count). The molecule has 0 aliphatic heterocycles. The quantitative estimate of drug-likeness (QED) is 0.858. The Balaban J connectivity index is 2.01. The van der Waals surface area contributed by atoms with Gasteiger partial charge < -0.3 is 5.73 Å². The third-order valence-corrected chi connectivity index (χ3v) is 3.37. The summed E-state index contributed by atoms with van der Waals surface area (Å²) in [6, 6.07) is 14.2. The molecule has 0 unspecified atom stereocenters. The molecule has 0 saturated heterocycles. The van der Waals surface area contributed by atoms with Crippen LogP contribution >= 0.6 is 11.6 Å². The van der Waals surface area contributed by atoms with E-state index < -0.39 is 0 Å². The van der Waals surface area contributed by atoms with Gasteiger partial charge in [0.1, 0.15) is 0 Å². The number of hydrogen-bond acceptors (Lipinski definition) is 2. The number of halogens is 1. The summed E-state index contributed by atoms with van der Waals surface area (Å²) in [5.74, 6) is 0. The molecule has 0 amide bonds. The Hall–Kier alpha value is -1.51. The van der Waals surface area contributed by atoms with Gasteiger partial charge in [-0.05, 0) is 48.9 Å². The molecular weight excluding hydrogens is 256 g/mol. The zero-order valence-corrected chi connectivity index (χ0v) is 12.1. The minimum absolute atomic E-state index is 0.783. The first-order valence-corrected chi connectivity index (χ1v) is 6.70. The Morgan fingerprint density at radius 3 is 2.37 bits per heavy atom. The number of aryl methyl sites for hydroxylation is 1. The van der Waals surface area contributed by atoms with E-state index in [1.807, 2.05) is 31.2 Å². The average molecular weight is 275 g/mol. The number of anilines is 1. The van der Waals surface area contributed by atoms with Crippen molar-refractivity contribution in [2.45, 2.75) is 20.0 Å². The summed E-state index contributed by atoms with van der Waals surface area (Å²) in [6.45, 7) is 3.76. The van der Waals surface area contributed by atoms with Gasteiger partial charge in [-0.2, -0.15) is 0 Å². The Morgan fingerprint density at radius 2 is 1.74 bits per heavy atom. The molecule has 2 N–H and O–H groups in total. The van der Waals surface area contributed by atoms with Crippen molar-refractivity contribution in [2.24, 2.45) is 0 Å². The van der Waals surface area contributed by atoms with Gasteiger partial charge in [-0.15, -0.1) is 0 Å². The molecule has 2 aromatic rings. The van der Waals surface area contributed by atoms with Gasteiger partial charge in [0, 0.05) is 23.8 Å². The minimum Gasteiger partial charge on any atom is -0.399 e. The number of nitrogens with zero attached hydrogens (tertiary/aromatic N) is 1. The maximum Gasteiger partial charge on any atom is 0.0409 e. The monoisotopic (exact) mass is 274 g/mol. The fourth-order valence-corrected chi connectivity index (χ4v) is 2.32. The third kappa shape index (κ3) is 3.98. The summed E-state index contributed by atoms with van der Waals surface area (Å²) in [7, 11) is 2.09. The predicted octanol–water partition coefficient (Wildman–Crippen LogP) is 3.86. The van der Waals surface area contributed by atoms with Crippen molar-refractivity contribution in [3.8, 4) is 0 Å². The van der Waals surface area contributed by atoms with Gasteiger partial charge in [-0.1, -0.05) is 35.9 Å². The molecule has 0 fully saturated rings. The molecule has 19 heavy (non-hydrogen) atoms. The highest BCUT2D eigenvalue weighted by atomic mass is 35.5. The predicted molar refractivity (Wildman–Crippen MR) is 82.2 cm³/mol. The van der Waals surface area contributed by atoms with Gasteiger partial charge in [0.25, 0.3) is 0 Å². The van der Waals surface area contributed by atoms with Crippen LogP contribution in [0.5, 0.6) is 0 Å². The van der Waals surface area contributed by atoms with Gasteiger partial charge >= 0.3 is 0 Å². The molecular formula is C16H19ClN2. The third-order valence-electron chi connectivity index (χ3n) is 3.14. The van der Waals surface area contributed by atoms with Crippen LogP contribution in [0.4, 0.5) is 5.69 Å². The highest BCUT2D eigenvalue weighted by Crippen LogP contribution is 2.16. The molecule has 0 heterocycles. The Kier molecular flexibility index (Phi) is 4.46. The van der Waals surface area contributed by atoms with Crippen LogP contribution in [0, 0.1) is 6.92 Å². The van der Waals surface area contributed by atoms with E-state index >= 15 is 0 Å². The van der Waals surface area contributed by atoms with Crippen LogP contribution < -0.4 is 5.73 Å². The van der Waals surface area contributed by atoms with E-state index in [0.717, 1.165) is 29.4 Å². The van der Waals surface area contributed by atoms with Crippen LogP contribution in [0.15, 0.2) is 42.5 Å². The van der Waals surface area contributed by atoms with E-state index in [2.05, 4.69) is 30.1 Å². The molecule has 100 valence electrons. The van der Waals surface area contributed by atoms with Crippen molar-refractivity contribution in [1.29, 1.82) is 0 Å². The molecule has 0 aliphatic carbocycles. The summed E-state index contributed by atoms with van der Waals surface area (Å²) in [4.78, 5) is 2.25. The second-order valence-electron chi connectivity index (χ2n) is 4.99. The van der Waals surface area contributed by atoms with Gasteiger partial charge in [0.15, 0.2) is 0 Å². The Labute approximate surface area is 119 Å². The maximum absolute atomic E-state index is 5.99. The molecule has 0 spiro atoms. The summed E-state index contributed by atoms with van der Waals surface area (Å²) in [5, 5.41) is 0.783. The van der Waals surface area contributed by atoms with Gasteiger partial charge in [-0.3, -0.25) is 4.90 Å². The lowest BCUT2D eigenvalue weighted by molar-refractivity contribution is 0.319. The maximum atomic E-state index is 5.99. The first kappa shape index (κ1) is 13.9. The normalized spacial score (nSPS) is 10.9. The van der Waals surface area contributed by atoms with Crippen molar-refractivity contribution in [1.82, 2.24) is 4.90 Å². The smallest absolute Gasteiger partial charge is 0.0409 e. The van der Waals surface area contributed by atoms with E-state index in [9.17, 15) is 0 Å². The lowest BCUT2D eigenvalue weighted by Gasteiger charge is -2.17. The number of nitrogens with two attached hydrogens (primary N) is 1. The summed E-state index contributed by atoms with van der Waals surface area (Å²) in [5.41, 5.74) is 10.4. The van der Waals surface area contributed by atoms with E-state index in [4.69, 9.17) is 17.3 Å². The van der Waals surface area contributed by atoms with Crippen LogP contribution in [0.3, 0.4) is 0 Å². The molecule has 0 bridgehead atoms. The van der Waals surface area contributed by atoms with Crippen molar-refractivity contribution >= 4 is 17.3 Å². The molecule has 0 saturated carbocycles. The lowest BCUT2D eigenvalue weighted by Crippen LogP contribution is -2.17. The Bertz CT molecular complexity index is 566. The van der Waals surface area contributed by atoms with Crippen LogP contribution in [0.25, 0.3) is 0 Å². The zero-order valence-electron chi connectivity index (χ0n) is 11.4.